The smallest absolute Gasteiger partial charge is 0.483 e. The largest absolute Gasteiger partial charge is 0.484 e. The number of hydrogen-bond donors (Lipinski definition) is 0. The van der Waals surface area contributed by atoms with E-state index in [-0.39, 0.29) is 0 Å². The molecule has 0 saturated heterocycles. The van der Waals surface area contributed by atoms with Gasteiger partial charge in [0.05, 0.1) is 0 Å². The number of hydrogen-bond acceptors (Lipinski definition) is 4. The summed E-state index contributed by atoms with van der Waals surface area (Å²) in [5.74, 6) is -0.867. The average molecular weight is 224 g/mol. The van der Waals surface area contributed by atoms with Gasteiger partial charge in [-0.25, -0.2) is 0 Å². The van der Waals surface area contributed by atoms with Crippen molar-refractivity contribution in [2.45, 2.75) is 13.8 Å². The van der Waals surface area contributed by atoms with Gasteiger partial charge in [0.1, 0.15) is 0 Å². The molecule has 0 atom stereocenters. The minimum Gasteiger partial charge on any atom is -0.484 e. The van der Waals surface area contributed by atoms with E-state index in [0.717, 1.165) is 5.19 Å². The zero-order valence-corrected chi connectivity index (χ0v) is 9.75. The van der Waals surface area contributed by atoms with Gasteiger partial charge < -0.3 is 8.85 Å². The maximum absolute atomic E-state index is 10.8. The molecule has 1 rings (SSSR count). The monoisotopic (exact) mass is 224 g/mol. The van der Waals surface area contributed by atoms with Crippen LogP contribution < -0.4 is 5.19 Å². The van der Waals surface area contributed by atoms with E-state index in [2.05, 4.69) is 0 Å². The lowest BCUT2D eigenvalue weighted by Gasteiger charge is -2.14. The summed E-state index contributed by atoms with van der Waals surface area (Å²) in [7, 11) is -2.41. The van der Waals surface area contributed by atoms with E-state index in [1.807, 2.05) is 18.2 Å². The summed E-state index contributed by atoms with van der Waals surface area (Å²) in [5, 5.41) is 0.767. The zero-order valence-electron chi connectivity index (χ0n) is 8.60. The molecule has 0 bridgehead atoms. The molecule has 0 saturated carbocycles. The van der Waals surface area contributed by atoms with Crippen LogP contribution >= 0.6 is 0 Å². The third-order valence-electron chi connectivity index (χ3n) is 1.62. The molecule has 0 aromatic heterocycles. The quantitative estimate of drug-likeness (QED) is 0.690. The molecule has 0 amide bonds. The molecule has 15 heavy (non-hydrogen) atoms. The lowest BCUT2D eigenvalue weighted by Crippen LogP contribution is -2.39. The van der Waals surface area contributed by atoms with Crippen molar-refractivity contribution in [1.82, 2.24) is 0 Å². The Morgan fingerprint density at radius 2 is 1.47 bits per heavy atom. The second kappa shape index (κ2) is 5.31. The van der Waals surface area contributed by atoms with Crippen molar-refractivity contribution in [3.05, 3.63) is 30.3 Å². The molecule has 0 radical (unpaired) electrons. The SMILES string of the molecule is CC(=O)O[SiH](OC(C)=O)c1ccccc1. The van der Waals surface area contributed by atoms with E-state index < -0.39 is 21.2 Å². The molecule has 0 unspecified atom stereocenters. The van der Waals surface area contributed by atoms with Crippen molar-refractivity contribution in [3.8, 4) is 0 Å². The van der Waals surface area contributed by atoms with Crippen LogP contribution in [0.2, 0.25) is 0 Å². The molecule has 0 heterocycles. The van der Waals surface area contributed by atoms with E-state index >= 15 is 0 Å². The number of carbonyl (C=O) groups excluding carboxylic acids is 2. The number of benzene rings is 1. The first-order valence-corrected chi connectivity index (χ1v) is 6.01. The minimum absolute atomic E-state index is 0.434. The molecule has 80 valence electrons. The Hall–Kier alpha value is -1.62. The van der Waals surface area contributed by atoms with Crippen molar-refractivity contribution in [2.75, 3.05) is 0 Å². The zero-order chi connectivity index (χ0) is 11.3. The summed E-state index contributed by atoms with van der Waals surface area (Å²) < 4.78 is 10.0. The normalized spacial score (nSPS) is 9.80. The van der Waals surface area contributed by atoms with Gasteiger partial charge in [0.15, 0.2) is 0 Å². The highest BCUT2D eigenvalue weighted by atomic mass is 28.3. The Balaban J connectivity index is 2.81. The van der Waals surface area contributed by atoms with Crippen LogP contribution in [-0.2, 0) is 18.4 Å². The van der Waals surface area contributed by atoms with Gasteiger partial charge >= 0.3 is 9.28 Å². The second-order valence-corrected chi connectivity index (χ2v) is 4.76. The van der Waals surface area contributed by atoms with Crippen molar-refractivity contribution < 1.29 is 18.4 Å². The molecule has 0 N–H and O–H groups in total. The lowest BCUT2D eigenvalue weighted by atomic mass is 10.4. The first-order valence-electron chi connectivity index (χ1n) is 4.49. The Labute approximate surface area is 89.7 Å². The highest BCUT2D eigenvalue weighted by molar-refractivity contribution is 6.64. The first-order chi connectivity index (χ1) is 7.09. The van der Waals surface area contributed by atoms with Gasteiger partial charge in [-0.2, -0.15) is 0 Å². The molecular formula is C10H12O4Si. The maximum atomic E-state index is 10.8. The Kier molecular flexibility index (Phi) is 4.05. The molecule has 0 spiro atoms. The highest BCUT2D eigenvalue weighted by Gasteiger charge is 2.22. The fraction of sp³-hybridized carbons (Fsp3) is 0.200. The molecule has 0 aliphatic heterocycles. The molecule has 1 aromatic rings. The average Bonchev–Trinajstić information content (AvgIpc) is 2.17. The van der Waals surface area contributed by atoms with Crippen molar-refractivity contribution in [1.29, 1.82) is 0 Å². The topological polar surface area (TPSA) is 52.6 Å². The van der Waals surface area contributed by atoms with Crippen molar-refractivity contribution in [3.63, 3.8) is 0 Å². The highest BCUT2D eigenvalue weighted by Crippen LogP contribution is 1.94. The third-order valence-corrected chi connectivity index (χ3v) is 3.64. The van der Waals surface area contributed by atoms with Gasteiger partial charge in [0, 0.05) is 19.0 Å². The molecule has 1 aromatic carbocycles. The van der Waals surface area contributed by atoms with Crippen LogP contribution in [-0.4, -0.2) is 21.2 Å². The summed E-state index contributed by atoms with van der Waals surface area (Å²) in [6.07, 6.45) is 0. The van der Waals surface area contributed by atoms with Gasteiger partial charge in [0.25, 0.3) is 11.9 Å². The summed E-state index contributed by atoms with van der Waals surface area (Å²) in [5.41, 5.74) is 0. The van der Waals surface area contributed by atoms with Gasteiger partial charge in [-0.15, -0.1) is 0 Å². The summed E-state index contributed by atoms with van der Waals surface area (Å²) in [6.45, 7) is 2.60. The van der Waals surface area contributed by atoms with E-state index in [1.54, 1.807) is 12.1 Å². The molecule has 0 fully saturated rings. The summed E-state index contributed by atoms with van der Waals surface area (Å²) in [4.78, 5) is 21.7. The van der Waals surface area contributed by atoms with Crippen LogP contribution in [0.4, 0.5) is 0 Å². The molecule has 0 aliphatic carbocycles. The standard InChI is InChI=1S/C10H12O4Si/c1-8(11)13-15(14-9(2)12)10-6-4-3-5-7-10/h3-7,15H,1-2H3. The van der Waals surface area contributed by atoms with Crippen LogP contribution in [0.25, 0.3) is 0 Å². The van der Waals surface area contributed by atoms with Crippen LogP contribution in [0.3, 0.4) is 0 Å². The molecule has 5 heteroatoms. The second-order valence-electron chi connectivity index (χ2n) is 2.96. The predicted molar refractivity (Wildman–Crippen MR) is 56.8 cm³/mol. The van der Waals surface area contributed by atoms with Gasteiger partial charge in [-0.05, 0) is 0 Å². The van der Waals surface area contributed by atoms with E-state index in [9.17, 15) is 9.59 Å². The summed E-state index contributed by atoms with van der Waals surface area (Å²) in [6, 6.07) is 9.02. The Morgan fingerprint density at radius 3 is 1.87 bits per heavy atom. The van der Waals surface area contributed by atoms with Crippen molar-refractivity contribution >= 4 is 26.4 Å². The summed E-state index contributed by atoms with van der Waals surface area (Å²) >= 11 is 0. The third kappa shape index (κ3) is 3.95. The first kappa shape index (κ1) is 11.5. The van der Waals surface area contributed by atoms with Crippen molar-refractivity contribution in [2.24, 2.45) is 0 Å². The Bertz CT molecular complexity index is 334. The van der Waals surface area contributed by atoms with E-state index in [1.165, 1.54) is 13.8 Å². The van der Waals surface area contributed by atoms with Crippen LogP contribution in [0.1, 0.15) is 13.8 Å². The van der Waals surface area contributed by atoms with Gasteiger partial charge in [-0.1, -0.05) is 30.3 Å². The number of rotatable bonds is 3. The lowest BCUT2D eigenvalue weighted by molar-refractivity contribution is -0.137. The van der Waals surface area contributed by atoms with Gasteiger partial charge in [0.2, 0.25) is 0 Å². The molecular weight excluding hydrogens is 212 g/mol. The fourth-order valence-electron chi connectivity index (χ4n) is 1.07. The predicted octanol–water partition coefficient (Wildman–Crippen LogP) is 0.240. The fourth-order valence-corrected chi connectivity index (χ4v) is 2.53. The van der Waals surface area contributed by atoms with Crippen LogP contribution in [0, 0.1) is 0 Å². The van der Waals surface area contributed by atoms with Gasteiger partial charge in [-0.3, -0.25) is 9.59 Å². The molecule has 4 nitrogen and oxygen atoms in total. The van der Waals surface area contributed by atoms with E-state index in [4.69, 9.17) is 8.85 Å². The van der Waals surface area contributed by atoms with E-state index in [0.29, 0.717) is 0 Å². The number of carbonyl (C=O) groups is 2. The van der Waals surface area contributed by atoms with Crippen LogP contribution in [0.5, 0.6) is 0 Å². The Morgan fingerprint density at radius 1 is 1.00 bits per heavy atom. The van der Waals surface area contributed by atoms with Crippen LogP contribution in [0.15, 0.2) is 30.3 Å². The molecule has 0 aliphatic rings. The maximum Gasteiger partial charge on any atom is 0.483 e. The minimum atomic E-state index is -2.41.